The molecule has 0 spiro atoms. The number of fused-ring (bicyclic) bond motifs is 1. The van der Waals surface area contributed by atoms with E-state index in [0.29, 0.717) is 13.1 Å². The summed E-state index contributed by atoms with van der Waals surface area (Å²) in [6.07, 6.45) is 0.843. The van der Waals surface area contributed by atoms with Gasteiger partial charge in [0.2, 0.25) is 0 Å². The zero-order valence-electron chi connectivity index (χ0n) is 13.2. The number of likely N-dealkylation sites (tertiary alicyclic amines) is 1. The number of urea groups is 1. The Hall–Kier alpha value is -2.07. The molecule has 2 amide bonds. The molecular weight excluding hydrogens is 274 g/mol. The Morgan fingerprint density at radius 1 is 1.23 bits per heavy atom. The Balaban J connectivity index is 1.79. The van der Waals surface area contributed by atoms with E-state index in [1.54, 1.807) is 0 Å². The molecule has 1 atom stereocenters. The first-order valence-corrected chi connectivity index (χ1v) is 7.77. The third-order valence-corrected chi connectivity index (χ3v) is 4.63. The van der Waals surface area contributed by atoms with Crippen LogP contribution in [-0.2, 0) is 0 Å². The third-order valence-electron chi connectivity index (χ3n) is 4.63. The molecule has 4 heteroatoms. The van der Waals surface area contributed by atoms with Gasteiger partial charge < -0.3 is 16.0 Å². The maximum atomic E-state index is 12.6. The fraction of sp³-hybridized carbons (Fsp3) is 0.389. The second kappa shape index (κ2) is 5.61. The van der Waals surface area contributed by atoms with Crippen LogP contribution in [0.3, 0.4) is 0 Å². The van der Waals surface area contributed by atoms with Gasteiger partial charge in [0.15, 0.2) is 0 Å². The van der Waals surface area contributed by atoms with Crippen molar-refractivity contribution in [2.75, 3.05) is 18.4 Å². The summed E-state index contributed by atoms with van der Waals surface area (Å²) in [5, 5.41) is 5.24. The topological polar surface area (TPSA) is 58.4 Å². The molecule has 1 aliphatic rings. The average molecular weight is 297 g/mol. The van der Waals surface area contributed by atoms with Crippen molar-refractivity contribution in [1.29, 1.82) is 0 Å². The van der Waals surface area contributed by atoms with E-state index in [1.165, 1.54) is 0 Å². The van der Waals surface area contributed by atoms with Crippen molar-refractivity contribution in [1.82, 2.24) is 4.90 Å². The number of carbonyl (C=O) groups is 1. The predicted octanol–water partition coefficient (Wildman–Crippen LogP) is 3.43. The van der Waals surface area contributed by atoms with Crippen LogP contribution >= 0.6 is 0 Å². The Morgan fingerprint density at radius 3 is 2.73 bits per heavy atom. The average Bonchev–Trinajstić information content (AvgIpc) is 2.50. The first-order valence-electron chi connectivity index (χ1n) is 7.77. The van der Waals surface area contributed by atoms with E-state index in [-0.39, 0.29) is 17.5 Å². The monoisotopic (exact) mass is 297 g/mol. The van der Waals surface area contributed by atoms with Crippen LogP contribution in [0.25, 0.3) is 10.8 Å². The molecule has 4 nitrogen and oxygen atoms in total. The van der Waals surface area contributed by atoms with E-state index >= 15 is 0 Å². The number of rotatable bonds is 1. The fourth-order valence-electron chi connectivity index (χ4n) is 3.08. The second-order valence-electron chi connectivity index (χ2n) is 6.76. The lowest BCUT2D eigenvalue weighted by Gasteiger charge is -2.42. The van der Waals surface area contributed by atoms with Crippen LogP contribution in [0.2, 0.25) is 0 Å². The molecule has 1 heterocycles. The minimum atomic E-state index is -0.0473. The number of nitrogens with two attached hydrogens (primary N) is 1. The maximum absolute atomic E-state index is 12.6. The van der Waals surface area contributed by atoms with Crippen LogP contribution in [0, 0.1) is 5.41 Å². The minimum absolute atomic E-state index is 0.0451. The summed E-state index contributed by atoms with van der Waals surface area (Å²) in [6, 6.07) is 14.1. The van der Waals surface area contributed by atoms with E-state index in [1.807, 2.05) is 47.4 Å². The van der Waals surface area contributed by atoms with Crippen molar-refractivity contribution in [3.63, 3.8) is 0 Å². The highest BCUT2D eigenvalue weighted by atomic mass is 16.2. The molecule has 0 aliphatic carbocycles. The molecule has 1 aliphatic heterocycles. The molecule has 0 aromatic heterocycles. The maximum Gasteiger partial charge on any atom is 0.321 e. The number of benzene rings is 2. The van der Waals surface area contributed by atoms with Crippen molar-refractivity contribution in [3.8, 4) is 0 Å². The molecule has 3 rings (SSSR count). The van der Waals surface area contributed by atoms with Crippen molar-refractivity contribution in [2.24, 2.45) is 11.1 Å². The summed E-state index contributed by atoms with van der Waals surface area (Å²) in [6.45, 7) is 5.63. The smallest absolute Gasteiger partial charge is 0.321 e. The molecule has 0 radical (unpaired) electrons. The third kappa shape index (κ3) is 2.79. The molecule has 1 unspecified atom stereocenters. The molecule has 116 valence electrons. The second-order valence-corrected chi connectivity index (χ2v) is 6.76. The normalized spacial score (nSPS) is 20.9. The highest BCUT2D eigenvalue weighted by molar-refractivity contribution is 6.01. The Kier molecular flexibility index (Phi) is 3.79. The molecule has 1 saturated heterocycles. The summed E-state index contributed by atoms with van der Waals surface area (Å²) in [7, 11) is 0. The number of anilines is 1. The van der Waals surface area contributed by atoms with Gasteiger partial charge in [-0.1, -0.05) is 50.2 Å². The van der Waals surface area contributed by atoms with E-state index < -0.39 is 0 Å². The number of carbonyl (C=O) groups excluding carboxylic acids is 1. The van der Waals surface area contributed by atoms with Gasteiger partial charge >= 0.3 is 6.03 Å². The van der Waals surface area contributed by atoms with Crippen LogP contribution in [0.15, 0.2) is 42.5 Å². The number of nitrogens with one attached hydrogen (secondary N) is 1. The molecular formula is C18H23N3O. The lowest BCUT2D eigenvalue weighted by Crippen LogP contribution is -2.54. The number of piperidine rings is 1. The lowest BCUT2D eigenvalue weighted by molar-refractivity contribution is 0.118. The SMILES string of the molecule is CC1(C)CN(C(=O)Nc2cccc3ccccc23)CCC1N. The van der Waals surface area contributed by atoms with Crippen molar-refractivity contribution < 1.29 is 4.79 Å². The van der Waals surface area contributed by atoms with Gasteiger partial charge in [-0.15, -0.1) is 0 Å². The Morgan fingerprint density at radius 2 is 1.95 bits per heavy atom. The van der Waals surface area contributed by atoms with Gasteiger partial charge in [0.1, 0.15) is 0 Å². The van der Waals surface area contributed by atoms with E-state index in [4.69, 9.17) is 5.73 Å². The van der Waals surface area contributed by atoms with Crippen molar-refractivity contribution >= 4 is 22.5 Å². The minimum Gasteiger partial charge on any atom is -0.327 e. The summed E-state index contributed by atoms with van der Waals surface area (Å²) >= 11 is 0. The first kappa shape index (κ1) is 14.9. The summed E-state index contributed by atoms with van der Waals surface area (Å²) in [5.41, 5.74) is 6.95. The van der Waals surface area contributed by atoms with Crippen LogP contribution in [0.1, 0.15) is 20.3 Å². The highest BCUT2D eigenvalue weighted by Crippen LogP contribution is 2.29. The zero-order chi connectivity index (χ0) is 15.7. The van der Waals surface area contributed by atoms with Gasteiger partial charge in [-0.2, -0.15) is 0 Å². The number of hydrogen-bond donors (Lipinski definition) is 2. The van der Waals surface area contributed by atoms with Crippen molar-refractivity contribution in [3.05, 3.63) is 42.5 Å². The van der Waals surface area contributed by atoms with Gasteiger partial charge in [0.25, 0.3) is 0 Å². The number of nitrogens with zero attached hydrogens (tertiary/aromatic N) is 1. The van der Waals surface area contributed by atoms with Gasteiger partial charge in [-0.25, -0.2) is 4.79 Å². The van der Waals surface area contributed by atoms with Gasteiger partial charge in [-0.05, 0) is 23.3 Å². The molecule has 22 heavy (non-hydrogen) atoms. The summed E-state index contributed by atoms with van der Waals surface area (Å²) < 4.78 is 0. The predicted molar refractivity (Wildman–Crippen MR) is 90.9 cm³/mol. The highest BCUT2D eigenvalue weighted by Gasteiger charge is 2.35. The Bertz CT molecular complexity index is 690. The first-order chi connectivity index (χ1) is 10.5. The van der Waals surface area contributed by atoms with E-state index in [0.717, 1.165) is 22.9 Å². The quantitative estimate of drug-likeness (QED) is 0.847. The van der Waals surface area contributed by atoms with Crippen LogP contribution in [0.4, 0.5) is 10.5 Å². The summed E-state index contributed by atoms with van der Waals surface area (Å²) in [4.78, 5) is 14.4. The number of hydrogen-bond acceptors (Lipinski definition) is 2. The molecule has 1 fully saturated rings. The molecule has 0 saturated carbocycles. The lowest BCUT2D eigenvalue weighted by atomic mass is 9.80. The number of amides is 2. The van der Waals surface area contributed by atoms with Crippen LogP contribution in [-0.4, -0.2) is 30.1 Å². The molecule has 2 aromatic carbocycles. The molecule has 2 aromatic rings. The Labute approximate surface area is 131 Å². The molecule has 0 bridgehead atoms. The van der Waals surface area contributed by atoms with E-state index in [9.17, 15) is 4.79 Å². The van der Waals surface area contributed by atoms with Gasteiger partial charge in [-0.3, -0.25) is 0 Å². The van der Waals surface area contributed by atoms with Gasteiger partial charge in [0.05, 0.1) is 5.69 Å². The van der Waals surface area contributed by atoms with Crippen LogP contribution < -0.4 is 11.1 Å². The zero-order valence-corrected chi connectivity index (χ0v) is 13.2. The van der Waals surface area contributed by atoms with E-state index in [2.05, 4.69) is 19.2 Å². The van der Waals surface area contributed by atoms with Crippen molar-refractivity contribution in [2.45, 2.75) is 26.3 Å². The van der Waals surface area contributed by atoms with Gasteiger partial charge in [0, 0.05) is 24.5 Å². The molecule has 3 N–H and O–H groups in total. The summed E-state index contributed by atoms with van der Waals surface area (Å²) in [5.74, 6) is 0. The standard InChI is InChI=1S/C18H23N3O/c1-18(2)12-21(11-10-16(18)19)17(22)20-15-9-5-7-13-6-3-4-8-14(13)15/h3-9,16H,10-12,19H2,1-2H3,(H,20,22). The fourth-order valence-corrected chi connectivity index (χ4v) is 3.08. The largest absolute Gasteiger partial charge is 0.327 e. The van der Waals surface area contributed by atoms with Crippen LogP contribution in [0.5, 0.6) is 0 Å².